The normalized spacial score (nSPS) is 13.2. The van der Waals surface area contributed by atoms with Gasteiger partial charge in [-0.25, -0.2) is 0 Å². The summed E-state index contributed by atoms with van der Waals surface area (Å²) in [6.45, 7) is 1.23. The molecule has 1 unspecified atom stereocenters. The molecule has 1 aromatic carbocycles. The average molecular weight is 305 g/mol. The SMILES string of the molecule is CCC(NC)c1ccccc1OCCCOCC(F)(F)F. The Bertz CT molecular complexity index is 406. The van der Waals surface area contributed by atoms with E-state index in [0.29, 0.717) is 13.0 Å². The van der Waals surface area contributed by atoms with E-state index in [2.05, 4.69) is 17.0 Å². The number of alkyl halides is 3. The third kappa shape index (κ3) is 6.82. The molecule has 0 saturated carbocycles. The molecular weight excluding hydrogens is 283 g/mol. The number of rotatable bonds is 9. The van der Waals surface area contributed by atoms with E-state index in [9.17, 15) is 13.2 Å². The van der Waals surface area contributed by atoms with Gasteiger partial charge in [0.1, 0.15) is 12.4 Å². The molecule has 0 spiro atoms. The smallest absolute Gasteiger partial charge is 0.411 e. The standard InChI is InChI=1S/C15H22F3NO2/c1-3-13(19-2)12-7-4-5-8-14(12)21-10-6-9-20-11-15(16,17)18/h4-5,7-8,13,19H,3,6,9-11H2,1-2H3. The van der Waals surface area contributed by atoms with Crippen LogP contribution in [0.25, 0.3) is 0 Å². The van der Waals surface area contributed by atoms with Crippen molar-refractivity contribution < 1.29 is 22.6 Å². The number of hydrogen-bond donors (Lipinski definition) is 1. The van der Waals surface area contributed by atoms with Crippen molar-refractivity contribution in [1.29, 1.82) is 0 Å². The largest absolute Gasteiger partial charge is 0.493 e. The van der Waals surface area contributed by atoms with Crippen LogP contribution in [0.2, 0.25) is 0 Å². The molecule has 0 aromatic heterocycles. The van der Waals surface area contributed by atoms with Crippen LogP contribution in [-0.2, 0) is 4.74 Å². The van der Waals surface area contributed by atoms with Crippen molar-refractivity contribution in [1.82, 2.24) is 5.32 Å². The number of para-hydroxylation sites is 1. The van der Waals surface area contributed by atoms with E-state index >= 15 is 0 Å². The molecule has 0 aliphatic carbocycles. The first kappa shape index (κ1) is 17.8. The van der Waals surface area contributed by atoms with Crippen molar-refractivity contribution in [2.75, 3.05) is 26.9 Å². The van der Waals surface area contributed by atoms with Crippen LogP contribution in [0, 0.1) is 0 Å². The third-order valence-electron chi connectivity index (χ3n) is 3.01. The molecule has 1 aromatic rings. The number of halogens is 3. The highest BCUT2D eigenvalue weighted by Crippen LogP contribution is 2.26. The Morgan fingerprint density at radius 2 is 1.90 bits per heavy atom. The number of hydrogen-bond acceptors (Lipinski definition) is 3. The lowest BCUT2D eigenvalue weighted by Crippen LogP contribution is -2.18. The first-order chi connectivity index (χ1) is 9.98. The zero-order chi connectivity index (χ0) is 15.7. The van der Waals surface area contributed by atoms with E-state index in [0.717, 1.165) is 17.7 Å². The van der Waals surface area contributed by atoms with Crippen LogP contribution < -0.4 is 10.1 Å². The molecule has 6 heteroatoms. The summed E-state index contributed by atoms with van der Waals surface area (Å²) >= 11 is 0. The Labute approximate surface area is 123 Å². The lowest BCUT2D eigenvalue weighted by atomic mass is 10.0. The maximum atomic E-state index is 11.9. The van der Waals surface area contributed by atoms with E-state index in [4.69, 9.17) is 4.74 Å². The van der Waals surface area contributed by atoms with E-state index in [-0.39, 0.29) is 12.6 Å². The van der Waals surface area contributed by atoms with Crippen molar-refractivity contribution in [3.63, 3.8) is 0 Å². The summed E-state index contributed by atoms with van der Waals surface area (Å²) in [6, 6.07) is 7.87. The van der Waals surface area contributed by atoms with Gasteiger partial charge in [0.2, 0.25) is 0 Å². The first-order valence-electron chi connectivity index (χ1n) is 7.01. The molecule has 0 aliphatic rings. The fourth-order valence-electron chi connectivity index (χ4n) is 2.01. The summed E-state index contributed by atoms with van der Waals surface area (Å²) in [5.74, 6) is 0.759. The molecule has 0 bridgehead atoms. The fraction of sp³-hybridized carbons (Fsp3) is 0.600. The summed E-state index contributed by atoms with van der Waals surface area (Å²) in [5.41, 5.74) is 1.05. The van der Waals surface area contributed by atoms with Crippen LogP contribution >= 0.6 is 0 Å². The van der Waals surface area contributed by atoms with Gasteiger partial charge in [-0.3, -0.25) is 0 Å². The highest BCUT2D eigenvalue weighted by molar-refractivity contribution is 5.35. The summed E-state index contributed by atoms with van der Waals surface area (Å²) in [5, 5.41) is 3.21. The zero-order valence-corrected chi connectivity index (χ0v) is 12.4. The van der Waals surface area contributed by atoms with Gasteiger partial charge in [0, 0.05) is 18.0 Å². The molecular formula is C15H22F3NO2. The monoisotopic (exact) mass is 305 g/mol. The Balaban J connectivity index is 2.38. The van der Waals surface area contributed by atoms with Crippen molar-refractivity contribution in [2.24, 2.45) is 0 Å². The van der Waals surface area contributed by atoms with Crippen molar-refractivity contribution >= 4 is 0 Å². The highest BCUT2D eigenvalue weighted by Gasteiger charge is 2.27. The van der Waals surface area contributed by atoms with E-state index in [1.54, 1.807) is 0 Å². The second kappa shape index (κ2) is 8.89. The Kier molecular flexibility index (Phi) is 7.53. The zero-order valence-electron chi connectivity index (χ0n) is 12.4. The maximum absolute atomic E-state index is 11.9. The molecule has 0 fully saturated rings. The second-order valence-corrected chi connectivity index (χ2v) is 4.66. The summed E-state index contributed by atoms with van der Waals surface area (Å²) < 4.78 is 45.9. The summed E-state index contributed by atoms with van der Waals surface area (Å²) in [6.07, 6.45) is -2.93. The minimum absolute atomic E-state index is 0.0326. The van der Waals surface area contributed by atoms with E-state index in [1.807, 2.05) is 31.3 Å². The predicted molar refractivity (Wildman–Crippen MR) is 75.5 cm³/mol. The lowest BCUT2D eigenvalue weighted by molar-refractivity contribution is -0.174. The van der Waals surface area contributed by atoms with E-state index < -0.39 is 12.8 Å². The molecule has 3 nitrogen and oxygen atoms in total. The molecule has 0 heterocycles. The predicted octanol–water partition coefficient (Wildman–Crippen LogP) is 3.70. The minimum Gasteiger partial charge on any atom is -0.493 e. The number of ether oxygens (including phenoxy) is 2. The fourth-order valence-corrected chi connectivity index (χ4v) is 2.01. The Morgan fingerprint density at radius 3 is 2.52 bits per heavy atom. The maximum Gasteiger partial charge on any atom is 0.411 e. The quantitative estimate of drug-likeness (QED) is 0.706. The molecule has 1 N–H and O–H groups in total. The number of benzene rings is 1. The van der Waals surface area contributed by atoms with Gasteiger partial charge in [-0.1, -0.05) is 25.1 Å². The minimum atomic E-state index is -4.27. The third-order valence-corrected chi connectivity index (χ3v) is 3.01. The van der Waals surface area contributed by atoms with Gasteiger partial charge in [-0.05, 0) is 19.5 Å². The van der Waals surface area contributed by atoms with Crippen LogP contribution in [0.5, 0.6) is 5.75 Å². The van der Waals surface area contributed by atoms with Crippen LogP contribution in [0.1, 0.15) is 31.4 Å². The molecule has 1 atom stereocenters. The van der Waals surface area contributed by atoms with Gasteiger partial charge < -0.3 is 14.8 Å². The molecule has 0 amide bonds. The summed E-state index contributed by atoms with van der Waals surface area (Å²) in [7, 11) is 1.88. The van der Waals surface area contributed by atoms with Crippen LogP contribution in [0.4, 0.5) is 13.2 Å². The van der Waals surface area contributed by atoms with Gasteiger partial charge in [0.05, 0.1) is 13.2 Å². The lowest BCUT2D eigenvalue weighted by Gasteiger charge is -2.18. The van der Waals surface area contributed by atoms with Gasteiger partial charge >= 0.3 is 6.18 Å². The molecule has 21 heavy (non-hydrogen) atoms. The summed E-state index contributed by atoms with van der Waals surface area (Å²) in [4.78, 5) is 0. The first-order valence-corrected chi connectivity index (χ1v) is 7.01. The Hall–Kier alpha value is -1.27. The molecule has 1 rings (SSSR count). The topological polar surface area (TPSA) is 30.5 Å². The van der Waals surface area contributed by atoms with Crippen LogP contribution in [-0.4, -0.2) is 33.0 Å². The van der Waals surface area contributed by atoms with Crippen molar-refractivity contribution in [3.8, 4) is 5.75 Å². The average Bonchev–Trinajstić information content (AvgIpc) is 2.44. The van der Waals surface area contributed by atoms with Gasteiger partial charge in [0.15, 0.2) is 0 Å². The van der Waals surface area contributed by atoms with E-state index in [1.165, 1.54) is 0 Å². The highest BCUT2D eigenvalue weighted by atomic mass is 19.4. The van der Waals surface area contributed by atoms with Crippen LogP contribution in [0.3, 0.4) is 0 Å². The molecule has 0 aliphatic heterocycles. The van der Waals surface area contributed by atoms with Crippen LogP contribution in [0.15, 0.2) is 24.3 Å². The number of nitrogens with one attached hydrogen (secondary N) is 1. The molecule has 120 valence electrons. The molecule has 0 radical (unpaired) electrons. The second-order valence-electron chi connectivity index (χ2n) is 4.66. The van der Waals surface area contributed by atoms with Gasteiger partial charge in [-0.15, -0.1) is 0 Å². The van der Waals surface area contributed by atoms with Crippen molar-refractivity contribution in [3.05, 3.63) is 29.8 Å². The van der Waals surface area contributed by atoms with Crippen molar-refractivity contribution in [2.45, 2.75) is 32.0 Å². The van der Waals surface area contributed by atoms with Gasteiger partial charge in [-0.2, -0.15) is 13.2 Å². The van der Waals surface area contributed by atoms with Gasteiger partial charge in [0.25, 0.3) is 0 Å². The Morgan fingerprint density at radius 1 is 1.19 bits per heavy atom. The molecule has 0 saturated heterocycles.